The molecule has 0 aliphatic carbocycles. The largest absolute Gasteiger partial charge is 0.488 e. The maximum absolute atomic E-state index is 12.4. The lowest BCUT2D eigenvalue weighted by Gasteiger charge is -2.14. The van der Waals surface area contributed by atoms with E-state index in [0.717, 1.165) is 41.5 Å². The van der Waals surface area contributed by atoms with E-state index >= 15 is 0 Å². The van der Waals surface area contributed by atoms with Crippen LogP contribution in [-0.4, -0.2) is 23.9 Å². The number of nitrogens with zero attached hydrogens (tertiary/aromatic N) is 2. The molecule has 27 heavy (non-hydrogen) atoms. The van der Waals surface area contributed by atoms with Gasteiger partial charge in [-0.25, -0.2) is 0 Å². The highest BCUT2D eigenvalue weighted by Gasteiger charge is 2.21. The zero-order chi connectivity index (χ0) is 19.2. The Balaban J connectivity index is 1.70. The zero-order valence-electron chi connectivity index (χ0n) is 14.6. The van der Waals surface area contributed by atoms with Crippen molar-refractivity contribution in [3.63, 3.8) is 0 Å². The van der Waals surface area contributed by atoms with Crippen molar-refractivity contribution in [1.82, 2.24) is 4.90 Å². The second-order valence-corrected chi connectivity index (χ2v) is 7.56. The lowest BCUT2D eigenvalue weighted by Crippen LogP contribution is -2.28. The molecule has 1 fully saturated rings. The van der Waals surface area contributed by atoms with Crippen molar-refractivity contribution >= 4 is 39.5 Å². The van der Waals surface area contributed by atoms with E-state index < -0.39 is 0 Å². The first-order chi connectivity index (χ1) is 13.1. The maximum atomic E-state index is 12.4. The van der Waals surface area contributed by atoms with Crippen molar-refractivity contribution < 1.29 is 9.53 Å². The van der Waals surface area contributed by atoms with Crippen molar-refractivity contribution in [3.8, 4) is 11.8 Å². The number of hydrogen-bond donors (Lipinski definition) is 0. The Kier molecular flexibility index (Phi) is 6.54. The van der Waals surface area contributed by atoms with Crippen LogP contribution in [0.4, 0.5) is 0 Å². The topological polar surface area (TPSA) is 53.3 Å². The fourth-order valence-electron chi connectivity index (χ4n) is 2.86. The van der Waals surface area contributed by atoms with Crippen LogP contribution in [0.25, 0.3) is 6.08 Å². The van der Waals surface area contributed by atoms with Crippen LogP contribution in [0.3, 0.4) is 0 Å². The summed E-state index contributed by atoms with van der Waals surface area (Å²) in [5.74, 6) is 0.487. The average molecular weight is 446 g/mol. The van der Waals surface area contributed by atoms with Crippen molar-refractivity contribution in [2.45, 2.75) is 19.4 Å². The van der Waals surface area contributed by atoms with Crippen LogP contribution in [-0.2, 0) is 11.4 Å². The molecule has 6 heteroatoms. The third-order valence-corrected chi connectivity index (χ3v) is 5.19. The predicted molar refractivity (Wildman–Crippen MR) is 109 cm³/mol. The molecule has 0 N–H and O–H groups in total. The van der Waals surface area contributed by atoms with Crippen LogP contribution in [0, 0.1) is 11.3 Å². The molecule has 0 aromatic heterocycles. The van der Waals surface area contributed by atoms with Gasteiger partial charge in [-0.1, -0.05) is 29.8 Å². The number of halogens is 2. The third-order valence-electron chi connectivity index (χ3n) is 4.32. The van der Waals surface area contributed by atoms with E-state index in [1.54, 1.807) is 11.0 Å². The van der Waals surface area contributed by atoms with Gasteiger partial charge in [0.2, 0.25) is 0 Å². The average Bonchev–Trinajstić information content (AvgIpc) is 3.21. The first-order valence-corrected chi connectivity index (χ1v) is 9.82. The molecule has 0 bridgehead atoms. The number of nitriles is 1. The van der Waals surface area contributed by atoms with Gasteiger partial charge in [-0.15, -0.1) is 0 Å². The molecule has 3 rings (SSSR count). The summed E-state index contributed by atoms with van der Waals surface area (Å²) < 4.78 is 6.59. The van der Waals surface area contributed by atoms with E-state index in [0.29, 0.717) is 17.4 Å². The number of ether oxygens (including phenoxy) is 1. The number of hydrogen-bond acceptors (Lipinski definition) is 3. The highest BCUT2D eigenvalue weighted by atomic mass is 79.9. The van der Waals surface area contributed by atoms with Gasteiger partial charge in [-0.05, 0) is 70.2 Å². The summed E-state index contributed by atoms with van der Waals surface area (Å²) in [6.07, 6.45) is 3.61. The molecule has 1 aliphatic rings. The van der Waals surface area contributed by atoms with Gasteiger partial charge in [-0.2, -0.15) is 5.26 Å². The molecule has 1 saturated heterocycles. The molecule has 1 heterocycles. The van der Waals surface area contributed by atoms with Gasteiger partial charge in [-0.3, -0.25) is 4.79 Å². The number of likely N-dealkylation sites (tertiary alicyclic amines) is 1. The molecule has 1 aliphatic heterocycles. The van der Waals surface area contributed by atoms with E-state index in [2.05, 4.69) is 15.9 Å². The van der Waals surface area contributed by atoms with Gasteiger partial charge in [0.15, 0.2) is 0 Å². The van der Waals surface area contributed by atoms with Gasteiger partial charge in [0.1, 0.15) is 24.0 Å². The Morgan fingerprint density at radius 1 is 1.22 bits per heavy atom. The van der Waals surface area contributed by atoms with Crippen molar-refractivity contribution in [3.05, 3.63) is 68.7 Å². The lowest BCUT2D eigenvalue weighted by molar-refractivity contribution is -0.125. The maximum Gasteiger partial charge on any atom is 0.264 e. The first kappa shape index (κ1) is 19.5. The highest BCUT2D eigenvalue weighted by molar-refractivity contribution is 9.10. The third kappa shape index (κ3) is 5.12. The van der Waals surface area contributed by atoms with Crippen LogP contribution in [0.5, 0.6) is 5.75 Å². The molecule has 0 spiro atoms. The normalized spacial score (nSPS) is 14.1. The van der Waals surface area contributed by atoms with E-state index in [4.69, 9.17) is 16.3 Å². The Bertz CT molecular complexity index is 897. The summed E-state index contributed by atoms with van der Waals surface area (Å²) in [5, 5.41) is 10.0. The first-order valence-electron chi connectivity index (χ1n) is 8.64. The monoisotopic (exact) mass is 444 g/mol. The summed E-state index contributed by atoms with van der Waals surface area (Å²) >= 11 is 9.38. The van der Waals surface area contributed by atoms with Crippen LogP contribution in [0.15, 0.2) is 52.5 Å². The number of carbonyl (C=O) groups is 1. The van der Waals surface area contributed by atoms with Gasteiger partial charge >= 0.3 is 0 Å². The molecule has 2 aromatic carbocycles. The molecule has 0 unspecified atom stereocenters. The molecule has 0 atom stereocenters. The van der Waals surface area contributed by atoms with Gasteiger partial charge in [0.05, 0.1) is 4.47 Å². The molecular weight excluding hydrogens is 428 g/mol. The lowest BCUT2D eigenvalue weighted by atomic mass is 10.1. The standard InChI is InChI=1S/C21H18BrClN2O2/c22-19-12-16(11-17(13-24)21(26)25-9-1-2-10-25)5-8-20(19)27-14-15-3-6-18(23)7-4-15/h3-8,11-12H,1-2,9-10,14H2/b17-11+. The quantitative estimate of drug-likeness (QED) is 0.469. The van der Waals surface area contributed by atoms with Crippen LogP contribution in [0.2, 0.25) is 5.02 Å². The van der Waals surface area contributed by atoms with E-state index in [-0.39, 0.29) is 11.5 Å². The fourth-order valence-corrected chi connectivity index (χ4v) is 3.50. The summed E-state index contributed by atoms with van der Waals surface area (Å²) in [6.45, 7) is 1.86. The number of carbonyl (C=O) groups excluding carboxylic acids is 1. The zero-order valence-corrected chi connectivity index (χ0v) is 17.0. The Labute approximate surface area is 172 Å². The number of amides is 1. The molecule has 2 aromatic rings. The molecule has 0 radical (unpaired) electrons. The molecule has 4 nitrogen and oxygen atoms in total. The Morgan fingerprint density at radius 3 is 2.56 bits per heavy atom. The summed E-state index contributed by atoms with van der Waals surface area (Å²) in [6, 6.07) is 15.0. The van der Waals surface area contributed by atoms with E-state index in [1.165, 1.54) is 0 Å². The number of benzene rings is 2. The minimum absolute atomic E-state index is 0.152. The molecular formula is C21H18BrClN2O2. The van der Waals surface area contributed by atoms with Gasteiger partial charge in [0, 0.05) is 18.1 Å². The van der Waals surface area contributed by atoms with Crippen molar-refractivity contribution in [1.29, 1.82) is 5.26 Å². The minimum Gasteiger partial charge on any atom is -0.488 e. The predicted octanol–water partition coefficient (Wildman–Crippen LogP) is 5.21. The second kappa shape index (κ2) is 9.07. The SMILES string of the molecule is N#C/C(=C\c1ccc(OCc2ccc(Cl)cc2)c(Br)c1)C(=O)N1CCCC1. The molecule has 1 amide bonds. The molecule has 138 valence electrons. The second-order valence-electron chi connectivity index (χ2n) is 6.27. The smallest absolute Gasteiger partial charge is 0.264 e. The van der Waals surface area contributed by atoms with E-state index in [9.17, 15) is 10.1 Å². The minimum atomic E-state index is -0.200. The Morgan fingerprint density at radius 2 is 1.93 bits per heavy atom. The van der Waals surface area contributed by atoms with Crippen LogP contribution < -0.4 is 4.74 Å². The van der Waals surface area contributed by atoms with Crippen LogP contribution in [0.1, 0.15) is 24.0 Å². The van der Waals surface area contributed by atoms with Crippen molar-refractivity contribution in [2.24, 2.45) is 0 Å². The van der Waals surface area contributed by atoms with Gasteiger partial charge < -0.3 is 9.64 Å². The highest BCUT2D eigenvalue weighted by Crippen LogP contribution is 2.28. The van der Waals surface area contributed by atoms with Crippen LogP contribution >= 0.6 is 27.5 Å². The summed E-state index contributed by atoms with van der Waals surface area (Å²) in [5.41, 5.74) is 1.93. The molecule has 0 saturated carbocycles. The number of rotatable bonds is 5. The summed E-state index contributed by atoms with van der Waals surface area (Å²) in [4.78, 5) is 14.1. The van der Waals surface area contributed by atoms with Crippen molar-refractivity contribution in [2.75, 3.05) is 13.1 Å². The van der Waals surface area contributed by atoms with E-state index in [1.807, 2.05) is 48.5 Å². The van der Waals surface area contributed by atoms with Gasteiger partial charge in [0.25, 0.3) is 5.91 Å². The fraction of sp³-hybridized carbons (Fsp3) is 0.238. The summed E-state index contributed by atoms with van der Waals surface area (Å²) in [7, 11) is 0. The Hall–Kier alpha value is -2.29.